The molecular formula is C6H7Cl2NS. The van der Waals surface area contributed by atoms with Gasteiger partial charge in [0.15, 0.2) is 0 Å². The third kappa shape index (κ3) is 1.86. The summed E-state index contributed by atoms with van der Waals surface area (Å²) >= 11 is 13.0. The van der Waals surface area contributed by atoms with E-state index in [4.69, 9.17) is 23.2 Å². The lowest BCUT2D eigenvalue weighted by atomic mass is 10.5. The van der Waals surface area contributed by atoms with Crippen LogP contribution in [-0.2, 0) is 0 Å². The zero-order chi connectivity index (χ0) is 7.56. The van der Waals surface area contributed by atoms with Crippen molar-refractivity contribution in [1.82, 2.24) is 5.32 Å². The second-order valence-electron chi connectivity index (χ2n) is 1.79. The number of rotatable bonds is 2. The molecule has 0 saturated carbocycles. The van der Waals surface area contributed by atoms with Crippen LogP contribution >= 0.6 is 34.5 Å². The topological polar surface area (TPSA) is 12.0 Å². The lowest BCUT2D eigenvalue weighted by molar-refractivity contribution is 0.797. The highest BCUT2D eigenvalue weighted by atomic mass is 35.5. The van der Waals surface area contributed by atoms with Crippen molar-refractivity contribution in [2.24, 2.45) is 0 Å². The van der Waals surface area contributed by atoms with E-state index in [1.807, 2.05) is 19.2 Å². The van der Waals surface area contributed by atoms with Gasteiger partial charge in [-0.2, -0.15) is 0 Å². The maximum absolute atomic E-state index is 5.84. The van der Waals surface area contributed by atoms with Crippen molar-refractivity contribution in [2.45, 2.75) is 5.50 Å². The largest absolute Gasteiger partial charge is 0.300 e. The van der Waals surface area contributed by atoms with Gasteiger partial charge in [-0.3, -0.25) is 5.32 Å². The average molecular weight is 196 g/mol. The van der Waals surface area contributed by atoms with Crippen molar-refractivity contribution >= 4 is 34.5 Å². The summed E-state index contributed by atoms with van der Waals surface area (Å²) < 4.78 is 0.774. The van der Waals surface area contributed by atoms with Crippen LogP contribution in [0.4, 0.5) is 0 Å². The molecule has 4 heteroatoms. The van der Waals surface area contributed by atoms with Crippen LogP contribution < -0.4 is 5.32 Å². The lowest BCUT2D eigenvalue weighted by Gasteiger charge is -2.02. The maximum Gasteiger partial charge on any atom is 0.117 e. The van der Waals surface area contributed by atoms with Crippen molar-refractivity contribution in [3.8, 4) is 0 Å². The Kier molecular flexibility index (Phi) is 2.98. The highest BCUT2D eigenvalue weighted by Gasteiger charge is 2.06. The first-order chi connectivity index (χ1) is 4.74. The zero-order valence-corrected chi connectivity index (χ0v) is 7.72. The smallest absolute Gasteiger partial charge is 0.117 e. The van der Waals surface area contributed by atoms with Gasteiger partial charge in [-0.15, -0.1) is 11.3 Å². The van der Waals surface area contributed by atoms with Crippen LogP contribution in [0.1, 0.15) is 10.4 Å². The van der Waals surface area contributed by atoms with Crippen LogP contribution in [0.5, 0.6) is 0 Å². The molecule has 0 saturated heterocycles. The van der Waals surface area contributed by atoms with E-state index in [-0.39, 0.29) is 5.50 Å². The molecule has 1 aromatic rings. The van der Waals surface area contributed by atoms with Crippen LogP contribution in [0.25, 0.3) is 0 Å². The first kappa shape index (κ1) is 8.34. The summed E-state index contributed by atoms with van der Waals surface area (Å²) in [5.41, 5.74) is -0.113. The first-order valence-electron chi connectivity index (χ1n) is 2.80. The van der Waals surface area contributed by atoms with Crippen molar-refractivity contribution in [2.75, 3.05) is 7.05 Å². The van der Waals surface area contributed by atoms with E-state index in [2.05, 4.69) is 5.32 Å². The molecule has 1 rings (SSSR count). The van der Waals surface area contributed by atoms with E-state index in [9.17, 15) is 0 Å². The predicted octanol–water partition coefficient (Wildman–Crippen LogP) is 2.86. The summed E-state index contributed by atoms with van der Waals surface area (Å²) in [6.07, 6.45) is 0. The van der Waals surface area contributed by atoms with Gasteiger partial charge in [-0.1, -0.05) is 23.2 Å². The number of thiophene rings is 1. The van der Waals surface area contributed by atoms with Crippen molar-refractivity contribution < 1.29 is 0 Å². The summed E-state index contributed by atoms with van der Waals surface area (Å²) in [7, 11) is 1.81. The SMILES string of the molecule is CNC(Cl)c1ccc(Cl)s1. The van der Waals surface area contributed by atoms with Gasteiger partial charge < -0.3 is 0 Å². The van der Waals surface area contributed by atoms with E-state index < -0.39 is 0 Å². The van der Waals surface area contributed by atoms with E-state index in [0.29, 0.717) is 0 Å². The Bertz CT molecular complexity index is 211. The van der Waals surface area contributed by atoms with Crippen molar-refractivity contribution in [3.05, 3.63) is 21.3 Å². The molecule has 0 aliphatic rings. The average Bonchev–Trinajstić information content (AvgIpc) is 2.34. The normalized spacial score (nSPS) is 13.5. The third-order valence-electron chi connectivity index (χ3n) is 1.10. The fraction of sp³-hybridized carbons (Fsp3) is 0.333. The monoisotopic (exact) mass is 195 g/mol. The van der Waals surface area contributed by atoms with E-state index in [1.165, 1.54) is 11.3 Å². The second kappa shape index (κ2) is 3.58. The molecular weight excluding hydrogens is 189 g/mol. The summed E-state index contributed by atoms with van der Waals surface area (Å²) in [5.74, 6) is 0. The number of alkyl halides is 1. The van der Waals surface area contributed by atoms with Crippen LogP contribution in [0.15, 0.2) is 12.1 Å². The van der Waals surface area contributed by atoms with E-state index in [1.54, 1.807) is 0 Å². The Labute approximate surface area is 74.0 Å². The molecule has 0 aromatic carbocycles. The molecule has 0 spiro atoms. The minimum Gasteiger partial charge on any atom is -0.300 e. The molecule has 1 nitrogen and oxygen atoms in total. The zero-order valence-electron chi connectivity index (χ0n) is 5.40. The summed E-state index contributed by atoms with van der Waals surface area (Å²) in [6, 6.07) is 3.76. The quantitative estimate of drug-likeness (QED) is 0.566. The predicted molar refractivity (Wildman–Crippen MR) is 47.0 cm³/mol. The molecule has 0 amide bonds. The van der Waals surface area contributed by atoms with E-state index >= 15 is 0 Å². The third-order valence-corrected chi connectivity index (χ3v) is 2.98. The van der Waals surface area contributed by atoms with E-state index in [0.717, 1.165) is 9.21 Å². The minimum absolute atomic E-state index is 0.113. The highest BCUT2D eigenvalue weighted by molar-refractivity contribution is 7.16. The molecule has 0 aliphatic heterocycles. The molecule has 1 N–H and O–H groups in total. The van der Waals surface area contributed by atoms with Gasteiger partial charge in [0.25, 0.3) is 0 Å². The molecule has 10 heavy (non-hydrogen) atoms. The lowest BCUT2D eigenvalue weighted by Crippen LogP contribution is -2.07. The Hall–Kier alpha value is 0.240. The van der Waals surface area contributed by atoms with Gasteiger partial charge in [0, 0.05) is 4.88 Å². The summed E-state index contributed by atoms with van der Waals surface area (Å²) in [4.78, 5) is 1.05. The van der Waals surface area contributed by atoms with Crippen LogP contribution in [0.2, 0.25) is 4.34 Å². The molecule has 0 radical (unpaired) electrons. The van der Waals surface area contributed by atoms with Crippen LogP contribution in [-0.4, -0.2) is 7.05 Å². The molecule has 56 valence electrons. The molecule has 0 fully saturated rings. The number of halogens is 2. The Morgan fingerprint density at radius 1 is 1.60 bits per heavy atom. The Morgan fingerprint density at radius 3 is 2.70 bits per heavy atom. The van der Waals surface area contributed by atoms with Crippen molar-refractivity contribution in [1.29, 1.82) is 0 Å². The highest BCUT2D eigenvalue weighted by Crippen LogP contribution is 2.28. The molecule has 1 atom stereocenters. The Morgan fingerprint density at radius 2 is 2.30 bits per heavy atom. The van der Waals surface area contributed by atoms with Gasteiger partial charge in [-0.25, -0.2) is 0 Å². The fourth-order valence-electron chi connectivity index (χ4n) is 0.607. The van der Waals surface area contributed by atoms with Gasteiger partial charge in [0.1, 0.15) is 5.50 Å². The van der Waals surface area contributed by atoms with Gasteiger partial charge in [-0.05, 0) is 19.2 Å². The second-order valence-corrected chi connectivity index (χ2v) is 3.98. The van der Waals surface area contributed by atoms with Crippen molar-refractivity contribution in [3.63, 3.8) is 0 Å². The fourth-order valence-corrected chi connectivity index (χ4v) is 1.86. The van der Waals surface area contributed by atoms with Crippen LogP contribution in [0.3, 0.4) is 0 Å². The van der Waals surface area contributed by atoms with Gasteiger partial charge >= 0.3 is 0 Å². The van der Waals surface area contributed by atoms with Gasteiger partial charge in [0.05, 0.1) is 4.34 Å². The summed E-state index contributed by atoms with van der Waals surface area (Å²) in [6.45, 7) is 0. The number of hydrogen-bond donors (Lipinski definition) is 1. The molecule has 0 bridgehead atoms. The molecule has 0 aliphatic carbocycles. The maximum atomic E-state index is 5.84. The minimum atomic E-state index is -0.113. The summed E-state index contributed by atoms with van der Waals surface area (Å²) in [5, 5.41) is 2.91. The van der Waals surface area contributed by atoms with Crippen LogP contribution in [0, 0.1) is 0 Å². The Balaban J connectivity index is 2.74. The number of hydrogen-bond acceptors (Lipinski definition) is 2. The van der Waals surface area contributed by atoms with Gasteiger partial charge in [0.2, 0.25) is 0 Å². The molecule has 1 heterocycles. The first-order valence-corrected chi connectivity index (χ1v) is 4.43. The molecule has 1 aromatic heterocycles. The molecule has 1 unspecified atom stereocenters. The standard InChI is InChI=1S/C6H7Cl2NS/c1-9-6(8)4-2-3-5(7)10-4/h2-3,6,9H,1H3. The number of nitrogens with one attached hydrogen (secondary N) is 1.